The first-order chi connectivity index (χ1) is 13.8. The van der Waals surface area contributed by atoms with E-state index in [0.717, 1.165) is 64.6 Å². The van der Waals surface area contributed by atoms with Crippen molar-refractivity contribution in [2.24, 2.45) is 0 Å². The Morgan fingerprint density at radius 3 is 2.50 bits per heavy atom. The normalized spacial score (nSPS) is 20.8. The van der Waals surface area contributed by atoms with Gasteiger partial charge in [-0.05, 0) is 24.5 Å². The maximum absolute atomic E-state index is 12.7. The van der Waals surface area contributed by atoms with E-state index >= 15 is 0 Å². The van der Waals surface area contributed by atoms with Crippen LogP contribution in [0, 0.1) is 0 Å². The molecule has 1 atom stereocenters. The van der Waals surface area contributed by atoms with Crippen molar-refractivity contribution in [2.45, 2.75) is 25.4 Å². The monoisotopic (exact) mass is 380 g/mol. The van der Waals surface area contributed by atoms with E-state index in [1.165, 1.54) is 5.56 Å². The van der Waals surface area contributed by atoms with Crippen LogP contribution in [0.1, 0.15) is 18.4 Å². The first-order valence-corrected chi connectivity index (χ1v) is 10.1. The van der Waals surface area contributed by atoms with Gasteiger partial charge in [0.25, 0.3) is 0 Å². The molecule has 1 N–H and O–H groups in total. The second kappa shape index (κ2) is 9.01. The van der Waals surface area contributed by atoms with Crippen LogP contribution in [0.3, 0.4) is 0 Å². The maximum Gasteiger partial charge on any atom is 0.317 e. The third-order valence-electron chi connectivity index (χ3n) is 5.49. The lowest BCUT2D eigenvalue weighted by atomic mass is 10.1. The van der Waals surface area contributed by atoms with Crippen molar-refractivity contribution < 1.29 is 4.79 Å². The molecular weight excluding hydrogens is 352 g/mol. The summed E-state index contributed by atoms with van der Waals surface area (Å²) in [4.78, 5) is 27.9. The summed E-state index contributed by atoms with van der Waals surface area (Å²) in [5, 5.41) is 3.22. The highest BCUT2D eigenvalue weighted by Crippen LogP contribution is 2.16. The van der Waals surface area contributed by atoms with Gasteiger partial charge in [-0.2, -0.15) is 0 Å². The molecule has 0 aliphatic carbocycles. The zero-order valence-electron chi connectivity index (χ0n) is 16.2. The average molecular weight is 380 g/mol. The summed E-state index contributed by atoms with van der Waals surface area (Å²) in [6, 6.07) is 12.5. The minimum absolute atomic E-state index is 0.0557. The predicted molar refractivity (Wildman–Crippen MR) is 109 cm³/mol. The number of nitrogens with zero attached hydrogens (tertiary/aromatic N) is 5. The van der Waals surface area contributed by atoms with Crippen LogP contribution in [0.25, 0.3) is 0 Å². The number of nitrogens with one attached hydrogen (secondary N) is 1. The average Bonchev–Trinajstić information content (AvgIpc) is 2.76. The standard InChI is InChI=1S/C21H28N6O/c28-21(24-19-8-4-11-27(17-19)20-22-9-5-10-23-20)26-14-12-25(13-15-26)16-18-6-2-1-3-7-18/h1-3,5-7,9-10,19H,4,8,11-17H2,(H,24,28). The van der Waals surface area contributed by atoms with Crippen LogP contribution < -0.4 is 10.2 Å². The van der Waals surface area contributed by atoms with Gasteiger partial charge in [-0.3, -0.25) is 4.90 Å². The van der Waals surface area contributed by atoms with Gasteiger partial charge in [0.15, 0.2) is 0 Å². The molecule has 2 aromatic rings. The Balaban J connectivity index is 1.24. The van der Waals surface area contributed by atoms with Crippen LogP contribution in [-0.4, -0.2) is 71.1 Å². The minimum atomic E-state index is 0.0557. The lowest BCUT2D eigenvalue weighted by molar-refractivity contribution is 0.132. The van der Waals surface area contributed by atoms with Crippen LogP contribution in [0.4, 0.5) is 10.7 Å². The summed E-state index contributed by atoms with van der Waals surface area (Å²) in [6.45, 7) is 6.03. The number of hydrogen-bond donors (Lipinski definition) is 1. The molecule has 1 aromatic heterocycles. The van der Waals surface area contributed by atoms with E-state index in [2.05, 4.69) is 49.4 Å². The Kier molecular flexibility index (Phi) is 6.01. The van der Waals surface area contributed by atoms with Crippen molar-refractivity contribution in [3.63, 3.8) is 0 Å². The SMILES string of the molecule is O=C(NC1CCCN(c2ncccn2)C1)N1CCN(Cc2ccccc2)CC1. The first-order valence-electron chi connectivity index (χ1n) is 10.1. The minimum Gasteiger partial charge on any atom is -0.339 e. The molecule has 0 radical (unpaired) electrons. The topological polar surface area (TPSA) is 64.6 Å². The van der Waals surface area contributed by atoms with E-state index in [0.29, 0.717) is 0 Å². The lowest BCUT2D eigenvalue weighted by Gasteiger charge is -2.37. The first kappa shape index (κ1) is 18.7. The number of carbonyl (C=O) groups excluding carboxylic acids is 1. The highest BCUT2D eigenvalue weighted by molar-refractivity contribution is 5.74. The van der Waals surface area contributed by atoms with Crippen molar-refractivity contribution >= 4 is 12.0 Å². The fourth-order valence-electron chi connectivity index (χ4n) is 3.95. The summed E-state index contributed by atoms with van der Waals surface area (Å²) >= 11 is 0. The molecule has 0 bridgehead atoms. The molecule has 2 aliphatic rings. The Labute approximate surface area is 166 Å². The molecule has 0 spiro atoms. The maximum atomic E-state index is 12.7. The van der Waals surface area contributed by atoms with Gasteiger partial charge in [-0.25, -0.2) is 14.8 Å². The van der Waals surface area contributed by atoms with Gasteiger partial charge < -0.3 is 15.1 Å². The summed E-state index contributed by atoms with van der Waals surface area (Å²) in [7, 11) is 0. The summed E-state index contributed by atoms with van der Waals surface area (Å²) in [6.07, 6.45) is 5.57. The molecule has 7 heteroatoms. The summed E-state index contributed by atoms with van der Waals surface area (Å²) in [5.74, 6) is 0.746. The zero-order chi connectivity index (χ0) is 19.2. The molecule has 3 heterocycles. The molecule has 2 fully saturated rings. The van der Waals surface area contributed by atoms with Gasteiger partial charge in [0.1, 0.15) is 0 Å². The van der Waals surface area contributed by atoms with E-state index in [4.69, 9.17) is 0 Å². The molecule has 2 saturated heterocycles. The Morgan fingerprint density at radius 1 is 1.00 bits per heavy atom. The van der Waals surface area contributed by atoms with Crippen molar-refractivity contribution in [3.8, 4) is 0 Å². The number of hydrogen-bond acceptors (Lipinski definition) is 5. The molecule has 2 aliphatic heterocycles. The molecular formula is C21H28N6O. The number of rotatable bonds is 4. The van der Waals surface area contributed by atoms with Crippen LogP contribution in [-0.2, 0) is 6.54 Å². The molecule has 1 aromatic carbocycles. The Bertz CT molecular complexity index is 748. The number of amides is 2. The number of piperazine rings is 1. The smallest absolute Gasteiger partial charge is 0.317 e. The van der Waals surface area contributed by atoms with E-state index in [-0.39, 0.29) is 12.1 Å². The number of piperidine rings is 1. The summed E-state index contributed by atoms with van der Waals surface area (Å²) in [5.41, 5.74) is 1.32. The summed E-state index contributed by atoms with van der Waals surface area (Å²) < 4.78 is 0. The molecule has 148 valence electrons. The lowest BCUT2D eigenvalue weighted by Crippen LogP contribution is -2.56. The second-order valence-corrected chi connectivity index (χ2v) is 7.53. The van der Waals surface area contributed by atoms with Gasteiger partial charge in [0.2, 0.25) is 5.95 Å². The zero-order valence-corrected chi connectivity index (χ0v) is 16.2. The molecule has 7 nitrogen and oxygen atoms in total. The van der Waals surface area contributed by atoms with E-state index in [1.807, 2.05) is 17.0 Å². The quantitative estimate of drug-likeness (QED) is 0.879. The van der Waals surface area contributed by atoms with Crippen LogP contribution in [0.5, 0.6) is 0 Å². The fraction of sp³-hybridized carbons (Fsp3) is 0.476. The predicted octanol–water partition coefficient (Wildman–Crippen LogP) is 1.97. The second-order valence-electron chi connectivity index (χ2n) is 7.53. The Morgan fingerprint density at radius 2 is 1.75 bits per heavy atom. The van der Waals surface area contributed by atoms with Crippen molar-refractivity contribution in [2.75, 3.05) is 44.2 Å². The molecule has 2 amide bonds. The number of anilines is 1. The third-order valence-corrected chi connectivity index (χ3v) is 5.49. The number of aromatic nitrogens is 2. The van der Waals surface area contributed by atoms with E-state index in [9.17, 15) is 4.79 Å². The van der Waals surface area contributed by atoms with Crippen LogP contribution in [0.15, 0.2) is 48.8 Å². The molecule has 28 heavy (non-hydrogen) atoms. The number of carbonyl (C=O) groups is 1. The van der Waals surface area contributed by atoms with Gasteiger partial charge in [0, 0.05) is 64.2 Å². The highest BCUT2D eigenvalue weighted by atomic mass is 16.2. The van der Waals surface area contributed by atoms with Gasteiger partial charge >= 0.3 is 6.03 Å². The van der Waals surface area contributed by atoms with E-state index in [1.54, 1.807) is 12.4 Å². The largest absolute Gasteiger partial charge is 0.339 e. The van der Waals surface area contributed by atoms with Gasteiger partial charge in [-0.15, -0.1) is 0 Å². The fourth-order valence-corrected chi connectivity index (χ4v) is 3.95. The molecule has 4 rings (SSSR count). The Hall–Kier alpha value is -2.67. The van der Waals surface area contributed by atoms with Crippen LogP contribution >= 0.6 is 0 Å². The van der Waals surface area contributed by atoms with Crippen molar-refractivity contribution in [3.05, 3.63) is 54.4 Å². The van der Waals surface area contributed by atoms with Crippen molar-refractivity contribution in [1.82, 2.24) is 25.1 Å². The van der Waals surface area contributed by atoms with Gasteiger partial charge in [-0.1, -0.05) is 30.3 Å². The van der Waals surface area contributed by atoms with Crippen LogP contribution in [0.2, 0.25) is 0 Å². The third kappa shape index (κ3) is 4.78. The van der Waals surface area contributed by atoms with E-state index < -0.39 is 0 Å². The molecule has 1 unspecified atom stereocenters. The van der Waals surface area contributed by atoms with Gasteiger partial charge in [0.05, 0.1) is 0 Å². The highest BCUT2D eigenvalue weighted by Gasteiger charge is 2.26. The van der Waals surface area contributed by atoms with Crippen molar-refractivity contribution in [1.29, 1.82) is 0 Å². The molecule has 0 saturated carbocycles. The number of benzene rings is 1. The number of urea groups is 1.